The van der Waals surface area contributed by atoms with Gasteiger partial charge in [-0.25, -0.2) is 0 Å². The van der Waals surface area contributed by atoms with Crippen molar-refractivity contribution in [2.24, 2.45) is 10.9 Å². The van der Waals surface area contributed by atoms with Crippen LogP contribution in [0, 0.1) is 5.92 Å². The van der Waals surface area contributed by atoms with Crippen molar-refractivity contribution in [1.29, 1.82) is 0 Å². The quantitative estimate of drug-likeness (QED) is 0.421. The zero-order valence-corrected chi connectivity index (χ0v) is 17.8. The lowest BCUT2D eigenvalue weighted by atomic mass is 10.1. The van der Waals surface area contributed by atoms with Gasteiger partial charge in [-0.05, 0) is 31.9 Å². The number of nitrogens with one attached hydrogen (secondary N) is 2. The zero-order valence-electron chi connectivity index (χ0n) is 15.5. The van der Waals surface area contributed by atoms with Crippen molar-refractivity contribution in [2.75, 3.05) is 20.1 Å². The van der Waals surface area contributed by atoms with Crippen LogP contribution in [-0.2, 0) is 6.54 Å². The molecule has 1 aliphatic heterocycles. The van der Waals surface area contributed by atoms with Gasteiger partial charge in [0.05, 0.1) is 6.54 Å². The lowest BCUT2D eigenvalue weighted by Gasteiger charge is -2.21. The van der Waals surface area contributed by atoms with Crippen molar-refractivity contribution in [3.05, 3.63) is 36.1 Å². The van der Waals surface area contributed by atoms with Gasteiger partial charge in [-0.1, -0.05) is 25.1 Å². The molecule has 1 aromatic carbocycles. The van der Waals surface area contributed by atoms with Crippen molar-refractivity contribution < 1.29 is 4.42 Å². The van der Waals surface area contributed by atoms with Crippen molar-refractivity contribution in [2.45, 2.75) is 39.4 Å². The lowest BCUT2D eigenvalue weighted by Crippen LogP contribution is -2.46. The summed E-state index contributed by atoms with van der Waals surface area (Å²) in [6, 6.07) is 11.2. The molecule has 0 aliphatic carbocycles. The topological polar surface area (TPSA) is 52.8 Å². The Morgan fingerprint density at radius 1 is 1.32 bits per heavy atom. The maximum Gasteiger partial charge on any atom is 0.191 e. The normalized spacial score (nSPS) is 21.6. The summed E-state index contributed by atoms with van der Waals surface area (Å²) in [6.07, 6.45) is 0. The molecule has 0 radical (unpaired) electrons. The van der Waals surface area contributed by atoms with Gasteiger partial charge in [0.25, 0.3) is 0 Å². The van der Waals surface area contributed by atoms with Crippen LogP contribution < -0.4 is 10.6 Å². The van der Waals surface area contributed by atoms with Crippen molar-refractivity contribution in [3.63, 3.8) is 0 Å². The minimum Gasteiger partial charge on any atom is -0.459 e. The van der Waals surface area contributed by atoms with Crippen LogP contribution in [0.2, 0.25) is 0 Å². The predicted octanol–water partition coefficient (Wildman–Crippen LogP) is 3.44. The Labute approximate surface area is 167 Å². The van der Waals surface area contributed by atoms with Gasteiger partial charge in [0.2, 0.25) is 0 Å². The average molecular weight is 456 g/mol. The molecule has 2 unspecified atom stereocenters. The van der Waals surface area contributed by atoms with E-state index in [9.17, 15) is 0 Å². The molecule has 0 amide bonds. The molecule has 25 heavy (non-hydrogen) atoms. The molecule has 1 aliphatic rings. The van der Waals surface area contributed by atoms with E-state index in [2.05, 4.69) is 53.4 Å². The van der Waals surface area contributed by atoms with Crippen LogP contribution in [0.4, 0.5) is 0 Å². The molecule has 2 N–H and O–H groups in total. The number of furan rings is 1. The molecule has 2 aromatic rings. The second-order valence-corrected chi connectivity index (χ2v) is 6.95. The molecule has 6 heteroatoms. The molecule has 2 heterocycles. The SMILES string of the molecule is CN=C(NCc1cc2ccccc2o1)NC1CN(C(C)C)CC1C.I. The first-order valence-electron chi connectivity index (χ1n) is 8.75. The first-order valence-corrected chi connectivity index (χ1v) is 8.75. The number of hydrogen-bond donors (Lipinski definition) is 2. The first kappa shape index (κ1) is 20.0. The Bertz CT molecular complexity index is 679. The molecule has 2 atom stereocenters. The molecule has 138 valence electrons. The smallest absolute Gasteiger partial charge is 0.191 e. The Kier molecular flexibility index (Phi) is 7.13. The maximum absolute atomic E-state index is 5.85. The maximum atomic E-state index is 5.85. The number of hydrogen-bond acceptors (Lipinski definition) is 3. The first-order chi connectivity index (χ1) is 11.6. The summed E-state index contributed by atoms with van der Waals surface area (Å²) in [5.74, 6) is 2.36. The molecule has 1 fully saturated rings. The molecule has 0 bridgehead atoms. The number of rotatable bonds is 4. The van der Waals surface area contributed by atoms with Gasteiger partial charge in [-0.2, -0.15) is 0 Å². The Balaban J connectivity index is 0.00000225. The summed E-state index contributed by atoms with van der Waals surface area (Å²) < 4.78 is 5.85. The highest BCUT2D eigenvalue weighted by Crippen LogP contribution is 2.19. The largest absolute Gasteiger partial charge is 0.459 e. The number of para-hydroxylation sites is 1. The van der Waals surface area contributed by atoms with E-state index >= 15 is 0 Å². The van der Waals surface area contributed by atoms with Gasteiger partial charge in [0.15, 0.2) is 5.96 Å². The molecule has 1 saturated heterocycles. The number of aliphatic imine (C=N–C) groups is 1. The van der Waals surface area contributed by atoms with Gasteiger partial charge in [-0.3, -0.25) is 9.89 Å². The number of fused-ring (bicyclic) bond motifs is 1. The second-order valence-electron chi connectivity index (χ2n) is 6.95. The number of nitrogens with zero attached hydrogens (tertiary/aromatic N) is 2. The van der Waals surface area contributed by atoms with E-state index < -0.39 is 0 Å². The zero-order chi connectivity index (χ0) is 17.1. The van der Waals surface area contributed by atoms with Crippen molar-refractivity contribution >= 4 is 40.9 Å². The molecule has 5 nitrogen and oxygen atoms in total. The fraction of sp³-hybridized carbons (Fsp3) is 0.526. The molecule has 0 saturated carbocycles. The molecule has 3 rings (SSSR count). The molecule has 0 spiro atoms. The average Bonchev–Trinajstić information content (AvgIpc) is 3.14. The van der Waals surface area contributed by atoms with Crippen LogP contribution in [0.1, 0.15) is 26.5 Å². The third-order valence-electron chi connectivity index (χ3n) is 4.82. The Morgan fingerprint density at radius 2 is 2.08 bits per heavy atom. The fourth-order valence-corrected chi connectivity index (χ4v) is 3.28. The minimum atomic E-state index is 0. The van der Waals surface area contributed by atoms with E-state index in [1.165, 1.54) is 0 Å². The highest BCUT2D eigenvalue weighted by molar-refractivity contribution is 14.0. The number of guanidine groups is 1. The van der Waals surface area contributed by atoms with Gasteiger partial charge in [0.1, 0.15) is 11.3 Å². The van der Waals surface area contributed by atoms with Crippen LogP contribution in [0.5, 0.6) is 0 Å². The van der Waals surface area contributed by atoms with E-state index in [-0.39, 0.29) is 24.0 Å². The predicted molar refractivity (Wildman–Crippen MR) is 115 cm³/mol. The van der Waals surface area contributed by atoms with E-state index in [0.717, 1.165) is 35.8 Å². The van der Waals surface area contributed by atoms with E-state index in [1.807, 2.05) is 25.2 Å². The van der Waals surface area contributed by atoms with Crippen LogP contribution >= 0.6 is 24.0 Å². The van der Waals surface area contributed by atoms with Crippen LogP contribution in [0.25, 0.3) is 11.0 Å². The summed E-state index contributed by atoms with van der Waals surface area (Å²) in [5, 5.41) is 8.06. The van der Waals surface area contributed by atoms with E-state index in [1.54, 1.807) is 0 Å². The summed E-state index contributed by atoms with van der Waals surface area (Å²) in [5.41, 5.74) is 0.925. The highest BCUT2D eigenvalue weighted by Gasteiger charge is 2.31. The summed E-state index contributed by atoms with van der Waals surface area (Å²) in [7, 11) is 1.81. The van der Waals surface area contributed by atoms with Crippen LogP contribution in [0.15, 0.2) is 39.7 Å². The van der Waals surface area contributed by atoms with E-state index in [0.29, 0.717) is 24.5 Å². The minimum absolute atomic E-state index is 0. The molecule has 1 aromatic heterocycles. The molecular formula is C19H29IN4O. The number of halogens is 1. The summed E-state index contributed by atoms with van der Waals surface area (Å²) in [4.78, 5) is 6.87. The van der Waals surface area contributed by atoms with Gasteiger partial charge in [-0.15, -0.1) is 24.0 Å². The summed E-state index contributed by atoms with van der Waals surface area (Å²) >= 11 is 0. The van der Waals surface area contributed by atoms with E-state index in [4.69, 9.17) is 4.42 Å². The molecular weight excluding hydrogens is 427 g/mol. The number of likely N-dealkylation sites (tertiary alicyclic amines) is 1. The third-order valence-corrected chi connectivity index (χ3v) is 4.82. The van der Waals surface area contributed by atoms with Crippen LogP contribution in [0.3, 0.4) is 0 Å². The Hall–Kier alpha value is -1.28. The van der Waals surface area contributed by atoms with Crippen molar-refractivity contribution in [3.8, 4) is 0 Å². The number of benzene rings is 1. The second kappa shape index (κ2) is 8.89. The van der Waals surface area contributed by atoms with Crippen LogP contribution in [-0.4, -0.2) is 43.1 Å². The lowest BCUT2D eigenvalue weighted by molar-refractivity contribution is 0.265. The standard InChI is InChI=1S/C19H28N4O.HI/c1-13(2)23-11-14(3)17(12-23)22-19(20-4)21-10-16-9-15-7-5-6-8-18(15)24-16;/h5-9,13-14,17H,10-12H2,1-4H3,(H2,20,21,22);1H. The highest BCUT2D eigenvalue weighted by atomic mass is 127. The third kappa shape index (κ3) is 4.88. The fourth-order valence-electron chi connectivity index (χ4n) is 3.28. The van der Waals surface area contributed by atoms with Gasteiger partial charge < -0.3 is 15.1 Å². The van der Waals surface area contributed by atoms with Gasteiger partial charge >= 0.3 is 0 Å². The Morgan fingerprint density at radius 3 is 2.72 bits per heavy atom. The van der Waals surface area contributed by atoms with Gasteiger partial charge in [0, 0.05) is 37.6 Å². The monoisotopic (exact) mass is 456 g/mol. The summed E-state index contributed by atoms with van der Waals surface area (Å²) in [6.45, 7) is 9.63. The van der Waals surface area contributed by atoms with Crippen molar-refractivity contribution in [1.82, 2.24) is 15.5 Å².